The van der Waals surface area contributed by atoms with Gasteiger partial charge < -0.3 is 10.3 Å². The Morgan fingerprint density at radius 2 is 2.14 bits per heavy atom. The Kier molecular flexibility index (Phi) is 3.78. The van der Waals surface area contributed by atoms with Gasteiger partial charge in [0.1, 0.15) is 10.7 Å². The van der Waals surface area contributed by atoms with Crippen LogP contribution >= 0.6 is 11.3 Å². The second-order valence-corrected chi connectivity index (χ2v) is 6.33. The van der Waals surface area contributed by atoms with Gasteiger partial charge in [0, 0.05) is 11.9 Å². The maximum atomic E-state index is 5.92. The molecule has 1 unspecified atom stereocenters. The second kappa shape index (κ2) is 5.58. The lowest BCUT2D eigenvalue weighted by atomic mass is 10.2. The predicted octanol–water partition coefficient (Wildman–Crippen LogP) is 3.90. The molecule has 1 atom stereocenters. The molecule has 0 radical (unpaired) electrons. The number of hydrogen-bond donors (Lipinski definition) is 1. The maximum absolute atomic E-state index is 5.92. The minimum atomic E-state index is -0.0324. The van der Waals surface area contributed by atoms with Crippen molar-refractivity contribution < 1.29 is 0 Å². The monoisotopic (exact) mass is 300 g/mol. The summed E-state index contributed by atoms with van der Waals surface area (Å²) in [5, 5.41) is 3.01. The summed E-state index contributed by atoms with van der Waals surface area (Å²) in [5.74, 6) is 0.945. The molecule has 0 bridgehead atoms. The van der Waals surface area contributed by atoms with E-state index in [1.807, 2.05) is 6.92 Å². The molecule has 0 fully saturated rings. The zero-order valence-electron chi connectivity index (χ0n) is 12.6. The van der Waals surface area contributed by atoms with E-state index in [9.17, 15) is 0 Å². The zero-order chi connectivity index (χ0) is 15.0. The third-order valence-electron chi connectivity index (χ3n) is 3.49. The molecule has 0 saturated heterocycles. The molecule has 21 heavy (non-hydrogen) atoms. The number of nitrogens with zero attached hydrogens (tertiary/aromatic N) is 3. The van der Waals surface area contributed by atoms with Crippen LogP contribution in [0.3, 0.4) is 0 Å². The molecule has 2 aromatic heterocycles. The maximum Gasteiger partial charge on any atom is 0.160 e. The van der Waals surface area contributed by atoms with Crippen LogP contribution in [0, 0.1) is 6.92 Å². The summed E-state index contributed by atoms with van der Waals surface area (Å²) in [5.41, 5.74) is 10.3. The Labute approximate surface area is 128 Å². The van der Waals surface area contributed by atoms with Crippen LogP contribution in [-0.4, -0.2) is 14.5 Å². The summed E-state index contributed by atoms with van der Waals surface area (Å²) in [4.78, 5) is 9.45. The largest absolute Gasteiger partial charge is 0.323 e. The van der Waals surface area contributed by atoms with Crippen LogP contribution in [-0.2, 0) is 6.54 Å². The molecule has 0 aliphatic carbocycles. The standard InChI is InChI=1S/C16H20N4S/c1-4-7-20-14-6-5-10(2)8-12(14)18-15(20)13-9-21-16(19-13)11(3)17/h5-6,8-9,11H,4,7,17H2,1-3H3. The molecule has 0 saturated carbocycles. The molecule has 110 valence electrons. The molecular weight excluding hydrogens is 280 g/mol. The van der Waals surface area contributed by atoms with Crippen LogP contribution in [0.5, 0.6) is 0 Å². The van der Waals surface area contributed by atoms with Crippen molar-refractivity contribution in [3.63, 3.8) is 0 Å². The van der Waals surface area contributed by atoms with E-state index in [2.05, 4.69) is 47.0 Å². The van der Waals surface area contributed by atoms with Gasteiger partial charge in [-0.1, -0.05) is 13.0 Å². The first-order valence-corrected chi connectivity index (χ1v) is 8.16. The van der Waals surface area contributed by atoms with Crippen LogP contribution < -0.4 is 5.73 Å². The molecule has 0 aliphatic heterocycles. The number of benzene rings is 1. The van der Waals surface area contributed by atoms with Crippen molar-refractivity contribution in [3.8, 4) is 11.5 Å². The molecule has 0 aliphatic rings. The Hall–Kier alpha value is -1.72. The van der Waals surface area contributed by atoms with Gasteiger partial charge in [0.25, 0.3) is 0 Å². The molecule has 3 aromatic rings. The summed E-state index contributed by atoms with van der Waals surface area (Å²) in [6.45, 7) is 7.17. The number of hydrogen-bond acceptors (Lipinski definition) is 4. The Bertz CT molecular complexity index is 770. The lowest BCUT2D eigenvalue weighted by Crippen LogP contribution is -2.04. The summed E-state index contributed by atoms with van der Waals surface area (Å²) in [6, 6.07) is 6.38. The SMILES string of the molecule is CCCn1c(-c2csc(C(C)N)n2)nc2cc(C)ccc21. The van der Waals surface area contributed by atoms with Gasteiger partial charge in [-0.05, 0) is 38.0 Å². The first kappa shape index (κ1) is 14.2. The lowest BCUT2D eigenvalue weighted by molar-refractivity contribution is 0.702. The van der Waals surface area contributed by atoms with E-state index >= 15 is 0 Å². The highest BCUT2D eigenvalue weighted by Gasteiger charge is 2.16. The molecule has 0 amide bonds. The van der Waals surface area contributed by atoms with Gasteiger partial charge in [-0.25, -0.2) is 9.97 Å². The quantitative estimate of drug-likeness (QED) is 0.795. The van der Waals surface area contributed by atoms with Crippen molar-refractivity contribution in [2.24, 2.45) is 5.73 Å². The topological polar surface area (TPSA) is 56.7 Å². The van der Waals surface area contributed by atoms with E-state index in [0.717, 1.165) is 35.0 Å². The van der Waals surface area contributed by atoms with Crippen LogP contribution in [0.15, 0.2) is 23.6 Å². The van der Waals surface area contributed by atoms with Crippen molar-refractivity contribution in [1.29, 1.82) is 0 Å². The molecule has 2 heterocycles. The van der Waals surface area contributed by atoms with Crippen LogP contribution in [0.25, 0.3) is 22.6 Å². The molecular formula is C16H20N4S. The van der Waals surface area contributed by atoms with E-state index in [0.29, 0.717) is 0 Å². The van der Waals surface area contributed by atoms with Crippen LogP contribution in [0.1, 0.15) is 36.9 Å². The van der Waals surface area contributed by atoms with Gasteiger partial charge in [0.15, 0.2) is 5.82 Å². The third-order valence-corrected chi connectivity index (χ3v) is 4.54. The van der Waals surface area contributed by atoms with Gasteiger partial charge >= 0.3 is 0 Å². The van der Waals surface area contributed by atoms with Crippen molar-refractivity contribution in [1.82, 2.24) is 14.5 Å². The molecule has 2 N–H and O–H groups in total. The molecule has 3 rings (SSSR count). The highest BCUT2D eigenvalue weighted by molar-refractivity contribution is 7.10. The number of thiazole rings is 1. The summed E-state index contributed by atoms with van der Waals surface area (Å²) in [7, 11) is 0. The second-order valence-electron chi connectivity index (χ2n) is 5.44. The number of aryl methyl sites for hydroxylation is 2. The van der Waals surface area contributed by atoms with Crippen LogP contribution in [0.2, 0.25) is 0 Å². The van der Waals surface area contributed by atoms with Gasteiger partial charge in [-0.3, -0.25) is 0 Å². The van der Waals surface area contributed by atoms with Crippen molar-refractivity contribution >= 4 is 22.4 Å². The Morgan fingerprint density at radius 3 is 2.81 bits per heavy atom. The number of nitrogens with two attached hydrogens (primary N) is 1. The third kappa shape index (κ3) is 2.59. The average Bonchev–Trinajstić information content (AvgIpc) is 3.04. The minimum absolute atomic E-state index is 0.0324. The van der Waals surface area contributed by atoms with Crippen molar-refractivity contribution in [3.05, 3.63) is 34.2 Å². The fourth-order valence-corrected chi connectivity index (χ4v) is 3.24. The summed E-state index contributed by atoms with van der Waals surface area (Å²) < 4.78 is 2.26. The summed E-state index contributed by atoms with van der Waals surface area (Å²) in [6.07, 6.45) is 1.07. The Morgan fingerprint density at radius 1 is 1.33 bits per heavy atom. The molecule has 4 nitrogen and oxygen atoms in total. The van der Waals surface area contributed by atoms with E-state index in [1.54, 1.807) is 11.3 Å². The van der Waals surface area contributed by atoms with E-state index in [4.69, 9.17) is 10.7 Å². The normalized spacial score (nSPS) is 13.0. The smallest absolute Gasteiger partial charge is 0.160 e. The molecule has 5 heteroatoms. The fourth-order valence-electron chi connectivity index (χ4n) is 2.48. The van der Waals surface area contributed by atoms with E-state index in [-0.39, 0.29) is 6.04 Å². The minimum Gasteiger partial charge on any atom is -0.323 e. The van der Waals surface area contributed by atoms with Crippen LogP contribution in [0.4, 0.5) is 0 Å². The number of imidazole rings is 1. The van der Waals surface area contributed by atoms with Crippen molar-refractivity contribution in [2.75, 3.05) is 0 Å². The van der Waals surface area contributed by atoms with Gasteiger partial charge in [0.05, 0.1) is 17.1 Å². The summed E-state index contributed by atoms with van der Waals surface area (Å²) >= 11 is 1.60. The number of rotatable bonds is 4. The zero-order valence-corrected chi connectivity index (χ0v) is 13.4. The average molecular weight is 300 g/mol. The Balaban J connectivity index is 2.17. The molecule has 0 spiro atoms. The highest BCUT2D eigenvalue weighted by Crippen LogP contribution is 2.28. The van der Waals surface area contributed by atoms with Crippen molar-refractivity contribution in [2.45, 2.75) is 39.8 Å². The number of fused-ring (bicyclic) bond motifs is 1. The van der Waals surface area contributed by atoms with Gasteiger partial charge in [-0.2, -0.15) is 0 Å². The number of aromatic nitrogens is 3. The van der Waals surface area contributed by atoms with E-state index in [1.165, 1.54) is 11.1 Å². The fraction of sp³-hybridized carbons (Fsp3) is 0.375. The van der Waals surface area contributed by atoms with Gasteiger partial charge in [0.2, 0.25) is 0 Å². The highest BCUT2D eigenvalue weighted by atomic mass is 32.1. The van der Waals surface area contributed by atoms with Gasteiger partial charge in [-0.15, -0.1) is 11.3 Å². The first-order chi connectivity index (χ1) is 10.1. The predicted molar refractivity (Wildman–Crippen MR) is 88.5 cm³/mol. The molecule has 1 aromatic carbocycles. The lowest BCUT2D eigenvalue weighted by Gasteiger charge is -2.06. The first-order valence-electron chi connectivity index (χ1n) is 7.28. The van der Waals surface area contributed by atoms with E-state index < -0.39 is 0 Å².